The van der Waals surface area contributed by atoms with E-state index in [1.54, 1.807) is 12.3 Å². The van der Waals surface area contributed by atoms with E-state index in [4.69, 9.17) is 9.47 Å². The fourth-order valence-electron chi connectivity index (χ4n) is 2.78. The van der Waals surface area contributed by atoms with Crippen LogP contribution >= 0.6 is 0 Å². The summed E-state index contributed by atoms with van der Waals surface area (Å²) >= 11 is 0. The number of carbonyl (C=O) groups is 1. The first kappa shape index (κ1) is 22.9. The van der Waals surface area contributed by atoms with Crippen LogP contribution in [0, 0.1) is 0 Å². The summed E-state index contributed by atoms with van der Waals surface area (Å²) in [5.74, 6) is -1.82. The van der Waals surface area contributed by atoms with Gasteiger partial charge in [0.2, 0.25) is 5.88 Å². The molecule has 13 heteroatoms. The Kier molecular flexibility index (Phi) is 6.88. The van der Waals surface area contributed by atoms with Crippen LogP contribution in [-0.4, -0.2) is 49.9 Å². The highest BCUT2D eigenvalue weighted by molar-refractivity contribution is 7.90. The molecule has 32 heavy (non-hydrogen) atoms. The summed E-state index contributed by atoms with van der Waals surface area (Å²) in [6.07, 6.45) is 3.10. The number of hydrogen-bond acceptors (Lipinski definition) is 8. The van der Waals surface area contributed by atoms with Gasteiger partial charge in [0.1, 0.15) is 17.2 Å². The number of hydrogen-bond donors (Lipinski definition) is 1. The third-order valence-electron chi connectivity index (χ3n) is 4.14. The molecular formula is C19H18F2N4O6S. The number of alkyl halides is 2. The largest absolute Gasteiger partial charge is 0.495 e. The van der Waals surface area contributed by atoms with E-state index >= 15 is 0 Å². The molecule has 0 aliphatic rings. The van der Waals surface area contributed by atoms with E-state index in [-0.39, 0.29) is 23.6 Å². The fourth-order valence-corrected chi connectivity index (χ4v) is 4.06. The molecule has 0 spiro atoms. The van der Waals surface area contributed by atoms with Gasteiger partial charge in [0.25, 0.3) is 15.9 Å². The highest BCUT2D eigenvalue weighted by Gasteiger charge is 2.28. The summed E-state index contributed by atoms with van der Waals surface area (Å²) in [5, 5.41) is 3.97. The van der Waals surface area contributed by atoms with Crippen molar-refractivity contribution in [3.05, 3.63) is 60.0 Å². The lowest BCUT2D eigenvalue weighted by molar-refractivity contribution is -0.0536. The normalized spacial score (nSPS) is 11.3. The summed E-state index contributed by atoms with van der Waals surface area (Å²) in [4.78, 5) is 16.0. The maximum Gasteiger partial charge on any atom is 0.388 e. The minimum atomic E-state index is -4.47. The predicted octanol–water partition coefficient (Wildman–Crippen LogP) is 2.06. The monoisotopic (exact) mass is 468 g/mol. The second-order valence-electron chi connectivity index (χ2n) is 6.17. The number of nitrogens with zero attached hydrogens (tertiary/aromatic N) is 3. The van der Waals surface area contributed by atoms with Crippen molar-refractivity contribution < 1.29 is 36.2 Å². The van der Waals surface area contributed by atoms with Crippen LogP contribution in [0.2, 0.25) is 0 Å². The van der Waals surface area contributed by atoms with Crippen molar-refractivity contribution in [3.8, 4) is 17.4 Å². The van der Waals surface area contributed by atoms with Gasteiger partial charge >= 0.3 is 6.61 Å². The summed E-state index contributed by atoms with van der Waals surface area (Å²) in [5.41, 5.74) is -0.248. The molecule has 0 fully saturated rings. The van der Waals surface area contributed by atoms with Gasteiger partial charge in [-0.25, -0.2) is 18.1 Å². The molecule has 0 atom stereocenters. The van der Waals surface area contributed by atoms with E-state index in [1.165, 1.54) is 55.4 Å². The van der Waals surface area contributed by atoms with E-state index in [1.807, 2.05) is 4.72 Å². The molecule has 0 unspecified atom stereocenters. The molecule has 0 radical (unpaired) electrons. The lowest BCUT2D eigenvalue weighted by Gasteiger charge is -2.15. The molecule has 10 nitrogen and oxygen atoms in total. The van der Waals surface area contributed by atoms with Gasteiger partial charge in [-0.05, 0) is 30.3 Å². The zero-order valence-corrected chi connectivity index (χ0v) is 17.7. The Balaban J connectivity index is 1.92. The van der Waals surface area contributed by atoms with Crippen LogP contribution in [0.15, 0.2) is 53.7 Å². The molecule has 170 valence electrons. The van der Waals surface area contributed by atoms with E-state index in [2.05, 4.69) is 14.8 Å². The minimum absolute atomic E-state index is 0.0423. The quantitative estimate of drug-likeness (QED) is 0.507. The molecule has 0 bridgehead atoms. The molecule has 3 aromatic rings. The summed E-state index contributed by atoms with van der Waals surface area (Å²) in [6.45, 7) is -3.17. The molecule has 0 saturated carbocycles. The van der Waals surface area contributed by atoms with Gasteiger partial charge in [-0.15, -0.1) is 0 Å². The third kappa shape index (κ3) is 5.11. The number of aromatic nitrogens is 3. The standard InChI is InChI=1S/C19H18F2N4O6S/c1-29-14-5-3-6-15(30-2)16(14)32(27,28)24-17(26)13-8-7-12(11-25-10-4-9-22-25)18(23-13)31-19(20)21/h3-10,19H,11H2,1-2H3,(H,24,26). The van der Waals surface area contributed by atoms with E-state index in [0.29, 0.717) is 0 Å². The van der Waals surface area contributed by atoms with Crippen LogP contribution in [0.25, 0.3) is 0 Å². The lowest BCUT2D eigenvalue weighted by atomic mass is 10.2. The zero-order chi connectivity index (χ0) is 23.3. The number of ether oxygens (including phenoxy) is 3. The average Bonchev–Trinajstić information content (AvgIpc) is 3.26. The Labute approximate surface area is 181 Å². The zero-order valence-electron chi connectivity index (χ0n) is 16.9. The van der Waals surface area contributed by atoms with Crippen molar-refractivity contribution in [2.75, 3.05) is 14.2 Å². The Morgan fingerprint density at radius 2 is 1.81 bits per heavy atom. The number of amides is 1. The maximum absolute atomic E-state index is 12.9. The van der Waals surface area contributed by atoms with Gasteiger partial charge in [-0.2, -0.15) is 13.9 Å². The van der Waals surface area contributed by atoms with Crippen molar-refractivity contribution in [1.82, 2.24) is 19.5 Å². The number of pyridine rings is 1. The minimum Gasteiger partial charge on any atom is -0.495 e. The number of benzene rings is 1. The van der Waals surface area contributed by atoms with Crippen molar-refractivity contribution in [2.45, 2.75) is 18.1 Å². The molecule has 2 heterocycles. The maximum atomic E-state index is 12.9. The Morgan fingerprint density at radius 3 is 2.38 bits per heavy atom. The van der Waals surface area contributed by atoms with E-state index in [9.17, 15) is 22.0 Å². The second-order valence-corrected chi connectivity index (χ2v) is 7.79. The first-order chi connectivity index (χ1) is 15.2. The molecule has 1 aromatic carbocycles. The Bertz CT molecular complexity index is 1180. The van der Waals surface area contributed by atoms with Gasteiger partial charge in [0.05, 0.1) is 20.8 Å². The molecule has 0 aliphatic carbocycles. The van der Waals surface area contributed by atoms with Gasteiger partial charge in [-0.1, -0.05) is 6.07 Å². The van der Waals surface area contributed by atoms with Gasteiger partial charge in [-0.3, -0.25) is 9.48 Å². The van der Waals surface area contributed by atoms with Crippen LogP contribution in [-0.2, 0) is 16.6 Å². The Morgan fingerprint density at radius 1 is 1.12 bits per heavy atom. The molecule has 3 rings (SSSR count). The smallest absolute Gasteiger partial charge is 0.388 e. The molecule has 1 N–H and O–H groups in total. The van der Waals surface area contributed by atoms with Crippen LogP contribution in [0.5, 0.6) is 17.4 Å². The number of methoxy groups -OCH3 is 2. The number of rotatable bonds is 9. The number of nitrogens with one attached hydrogen (secondary N) is 1. The Hall–Kier alpha value is -3.74. The molecular weight excluding hydrogens is 450 g/mol. The van der Waals surface area contributed by atoms with Gasteiger partial charge < -0.3 is 14.2 Å². The van der Waals surface area contributed by atoms with Crippen LogP contribution < -0.4 is 18.9 Å². The van der Waals surface area contributed by atoms with Crippen molar-refractivity contribution in [3.63, 3.8) is 0 Å². The highest BCUT2D eigenvalue weighted by atomic mass is 32.2. The fraction of sp³-hybridized carbons (Fsp3) is 0.211. The molecule has 0 saturated heterocycles. The predicted molar refractivity (Wildman–Crippen MR) is 106 cm³/mol. The third-order valence-corrected chi connectivity index (χ3v) is 5.54. The average molecular weight is 468 g/mol. The number of halogens is 2. The van der Waals surface area contributed by atoms with E-state index in [0.717, 1.165) is 0 Å². The second kappa shape index (κ2) is 9.60. The summed E-state index contributed by atoms with van der Waals surface area (Å²) in [6, 6.07) is 8.39. The molecule has 0 aliphatic heterocycles. The first-order valence-corrected chi connectivity index (χ1v) is 10.4. The lowest BCUT2D eigenvalue weighted by Crippen LogP contribution is -2.32. The summed E-state index contributed by atoms with van der Waals surface area (Å²) in [7, 11) is -1.97. The highest BCUT2D eigenvalue weighted by Crippen LogP contribution is 2.32. The van der Waals surface area contributed by atoms with Crippen molar-refractivity contribution in [1.29, 1.82) is 0 Å². The van der Waals surface area contributed by atoms with Gasteiger partial charge in [0, 0.05) is 18.0 Å². The number of sulfonamides is 1. The molecule has 1 amide bonds. The van der Waals surface area contributed by atoms with E-state index < -0.39 is 39.0 Å². The first-order valence-electron chi connectivity index (χ1n) is 8.95. The van der Waals surface area contributed by atoms with Crippen LogP contribution in [0.1, 0.15) is 16.1 Å². The summed E-state index contributed by atoms with van der Waals surface area (Å²) < 4.78 is 69.2. The SMILES string of the molecule is COc1cccc(OC)c1S(=O)(=O)NC(=O)c1ccc(Cn2cccn2)c(OC(F)F)n1. The number of carbonyl (C=O) groups excluding carboxylic acids is 1. The van der Waals surface area contributed by atoms with Crippen molar-refractivity contribution in [2.24, 2.45) is 0 Å². The van der Waals surface area contributed by atoms with Crippen LogP contribution in [0.4, 0.5) is 8.78 Å². The van der Waals surface area contributed by atoms with Crippen LogP contribution in [0.3, 0.4) is 0 Å². The molecule has 2 aromatic heterocycles. The van der Waals surface area contributed by atoms with Gasteiger partial charge in [0.15, 0.2) is 4.90 Å². The van der Waals surface area contributed by atoms with Crippen molar-refractivity contribution >= 4 is 15.9 Å². The topological polar surface area (TPSA) is 122 Å².